The van der Waals surface area contributed by atoms with E-state index < -0.39 is 15.6 Å². The molecule has 2 rings (SSSR count). The number of piperidine rings is 1. The lowest BCUT2D eigenvalue weighted by Gasteiger charge is -2.30. The van der Waals surface area contributed by atoms with Crippen molar-refractivity contribution >= 4 is 15.7 Å². The second kappa shape index (κ2) is 6.76. The monoisotopic (exact) mass is 329 g/mol. The maximum atomic E-state index is 12.1. The molecule has 0 spiro atoms. The molecule has 0 bridgehead atoms. The van der Waals surface area contributed by atoms with Crippen molar-refractivity contribution in [2.75, 3.05) is 18.8 Å². The zero-order valence-corrected chi connectivity index (χ0v) is 14.1. The van der Waals surface area contributed by atoms with Crippen LogP contribution in [-0.4, -0.2) is 48.2 Å². The highest BCUT2D eigenvalue weighted by Crippen LogP contribution is 2.17. The SMILES string of the molecule is CC(C)c1noc(CS(=O)(=O)CC(=O)N2CCC[C@H](C)C2)n1. The zero-order chi connectivity index (χ0) is 16.3. The van der Waals surface area contributed by atoms with Crippen LogP contribution in [0.4, 0.5) is 0 Å². The summed E-state index contributed by atoms with van der Waals surface area (Å²) in [6.45, 7) is 7.12. The van der Waals surface area contributed by atoms with Gasteiger partial charge in [-0.25, -0.2) is 8.42 Å². The van der Waals surface area contributed by atoms with Crippen LogP contribution in [0.2, 0.25) is 0 Å². The number of amides is 1. The zero-order valence-electron chi connectivity index (χ0n) is 13.3. The molecule has 7 nitrogen and oxygen atoms in total. The van der Waals surface area contributed by atoms with Gasteiger partial charge in [0.25, 0.3) is 0 Å². The lowest BCUT2D eigenvalue weighted by atomic mass is 10.0. The molecule has 0 N–H and O–H groups in total. The first-order chi connectivity index (χ1) is 10.3. The minimum atomic E-state index is -3.60. The lowest BCUT2D eigenvalue weighted by molar-refractivity contribution is -0.130. The van der Waals surface area contributed by atoms with Crippen LogP contribution in [0.25, 0.3) is 0 Å². The third kappa shape index (κ3) is 4.53. The molecule has 1 aliphatic rings. The largest absolute Gasteiger partial charge is 0.342 e. The first kappa shape index (κ1) is 16.9. The highest BCUT2D eigenvalue weighted by Gasteiger charge is 2.27. The van der Waals surface area contributed by atoms with Crippen LogP contribution in [-0.2, 0) is 20.4 Å². The van der Waals surface area contributed by atoms with Crippen LogP contribution in [0.3, 0.4) is 0 Å². The van der Waals surface area contributed by atoms with Gasteiger partial charge in [-0.05, 0) is 18.8 Å². The van der Waals surface area contributed by atoms with E-state index in [-0.39, 0.29) is 23.5 Å². The van der Waals surface area contributed by atoms with E-state index in [4.69, 9.17) is 4.52 Å². The number of sulfone groups is 1. The number of likely N-dealkylation sites (tertiary alicyclic amines) is 1. The molecule has 8 heteroatoms. The summed E-state index contributed by atoms with van der Waals surface area (Å²) in [5, 5.41) is 3.73. The fraction of sp³-hybridized carbons (Fsp3) is 0.786. The number of hydrogen-bond acceptors (Lipinski definition) is 6. The molecule has 0 radical (unpaired) electrons. The number of nitrogens with zero attached hydrogens (tertiary/aromatic N) is 3. The summed E-state index contributed by atoms with van der Waals surface area (Å²) in [5.41, 5.74) is 0. The molecule has 1 amide bonds. The van der Waals surface area contributed by atoms with Crippen LogP contribution in [0.1, 0.15) is 51.2 Å². The van der Waals surface area contributed by atoms with E-state index in [1.165, 1.54) is 0 Å². The summed E-state index contributed by atoms with van der Waals surface area (Å²) in [7, 11) is -3.60. The second-order valence-corrected chi connectivity index (χ2v) is 8.38. The van der Waals surface area contributed by atoms with Crippen molar-refractivity contribution in [1.29, 1.82) is 0 Å². The predicted molar refractivity (Wildman–Crippen MR) is 80.9 cm³/mol. The van der Waals surface area contributed by atoms with Gasteiger partial charge in [-0.2, -0.15) is 4.98 Å². The Morgan fingerprint density at radius 1 is 1.45 bits per heavy atom. The van der Waals surface area contributed by atoms with Gasteiger partial charge in [0.05, 0.1) is 0 Å². The molecule has 1 aromatic heterocycles. The number of rotatable bonds is 5. The average Bonchev–Trinajstić information content (AvgIpc) is 2.86. The van der Waals surface area contributed by atoms with E-state index in [1.54, 1.807) is 4.90 Å². The molecular formula is C14H23N3O4S. The Morgan fingerprint density at radius 3 is 2.77 bits per heavy atom. The Kier molecular flexibility index (Phi) is 5.20. The van der Waals surface area contributed by atoms with Gasteiger partial charge in [-0.1, -0.05) is 25.9 Å². The summed E-state index contributed by atoms with van der Waals surface area (Å²) in [4.78, 5) is 17.8. The highest BCUT2D eigenvalue weighted by molar-refractivity contribution is 7.91. The first-order valence-corrected chi connectivity index (χ1v) is 9.39. The smallest absolute Gasteiger partial charge is 0.241 e. The summed E-state index contributed by atoms with van der Waals surface area (Å²) in [6.07, 6.45) is 2.00. The van der Waals surface area contributed by atoms with Crippen LogP contribution < -0.4 is 0 Å². The predicted octanol–water partition coefficient (Wildman–Crippen LogP) is 1.37. The Balaban J connectivity index is 1.96. The van der Waals surface area contributed by atoms with Gasteiger partial charge in [-0.3, -0.25) is 4.79 Å². The van der Waals surface area contributed by atoms with Gasteiger partial charge >= 0.3 is 0 Å². The van der Waals surface area contributed by atoms with Crippen molar-refractivity contribution < 1.29 is 17.7 Å². The fourth-order valence-corrected chi connectivity index (χ4v) is 3.65. The quantitative estimate of drug-likeness (QED) is 0.810. The third-order valence-electron chi connectivity index (χ3n) is 3.70. The Bertz CT molecular complexity index is 624. The summed E-state index contributed by atoms with van der Waals surface area (Å²) < 4.78 is 29.2. The minimum absolute atomic E-state index is 0.0449. The number of carbonyl (C=O) groups is 1. The molecule has 1 saturated heterocycles. The normalized spacial score (nSPS) is 19.6. The summed E-state index contributed by atoms with van der Waals surface area (Å²) in [6, 6.07) is 0. The first-order valence-electron chi connectivity index (χ1n) is 7.57. The molecule has 1 aliphatic heterocycles. The lowest BCUT2D eigenvalue weighted by Crippen LogP contribution is -2.42. The van der Waals surface area contributed by atoms with Crippen LogP contribution >= 0.6 is 0 Å². The average molecular weight is 329 g/mol. The van der Waals surface area contributed by atoms with E-state index in [0.29, 0.717) is 24.8 Å². The molecule has 1 fully saturated rings. The van der Waals surface area contributed by atoms with Crippen LogP contribution in [0, 0.1) is 5.92 Å². The van der Waals surface area contributed by atoms with E-state index in [9.17, 15) is 13.2 Å². The second-order valence-electron chi connectivity index (χ2n) is 6.32. The Labute approximate surface area is 131 Å². The number of carbonyl (C=O) groups excluding carboxylic acids is 1. The highest BCUT2D eigenvalue weighted by atomic mass is 32.2. The van der Waals surface area contributed by atoms with E-state index >= 15 is 0 Å². The Morgan fingerprint density at radius 2 is 2.18 bits per heavy atom. The molecule has 0 saturated carbocycles. The van der Waals surface area contributed by atoms with Gasteiger partial charge in [0.1, 0.15) is 11.5 Å². The fourth-order valence-electron chi connectivity index (χ4n) is 2.50. The standard InChI is InChI=1S/C14H23N3O4S/c1-10(2)14-15-12(21-16-14)8-22(19,20)9-13(18)17-6-4-5-11(3)7-17/h10-11H,4-9H2,1-3H3/t11-/m0/s1. The molecule has 1 aromatic rings. The molecule has 2 heterocycles. The van der Waals surface area contributed by atoms with Crippen molar-refractivity contribution in [3.8, 4) is 0 Å². The van der Waals surface area contributed by atoms with Crippen molar-refractivity contribution in [3.05, 3.63) is 11.7 Å². The van der Waals surface area contributed by atoms with Crippen molar-refractivity contribution in [1.82, 2.24) is 15.0 Å². The van der Waals surface area contributed by atoms with Gasteiger partial charge in [0, 0.05) is 19.0 Å². The third-order valence-corrected chi connectivity index (χ3v) is 5.07. The van der Waals surface area contributed by atoms with Crippen molar-refractivity contribution in [2.24, 2.45) is 5.92 Å². The minimum Gasteiger partial charge on any atom is -0.342 e. The van der Waals surface area contributed by atoms with Gasteiger partial charge in [-0.15, -0.1) is 0 Å². The maximum absolute atomic E-state index is 12.1. The Hall–Kier alpha value is -1.44. The van der Waals surface area contributed by atoms with Gasteiger partial charge < -0.3 is 9.42 Å². The molecule has 1 atom stereocenters. The van der Waals surface area contributed by atoms with E-state index in [2.05, 4.69) is 17.1 Å². The van der Waals surface area contributed by atoms with Crippen LogP contribution in [0.5, 0.6) is 0 Å². The topological polar surface area (TPSA) is 93.4 Å². The van der Waals surface area contributed by atoms with Crippen LogP contribution in [0.15, 0.2) is 4.52 Å². The molecule has 0 aliphatic carbocycles. The van der Waals surface area contributed by atoms with Crippen molar-refractivity contribution in [3.63, 3.8) is 0 Å². The number of aromatic nitrogens is 2. The van der Waals surface area contributed by atoms with Gasteiger partial charge in [0.2, 0.25) is 11.8 Å². The van der Waals surface area contributed by atoms with Gasteiger partial charge in [0.15, 0.2) is 15.7 Å². The number of hydrogen-bond donors (Lipinski definition) is 0. The molecule has 124 valence electrons. The maximum Gasteiger partial charge on any atom is 0.241 e. The van der Waals surface area contributed by atoms with Crippen molar-refractivity contribution in [2.45, 2.75) is 45.3 Å². The molecule has 0 unspecified atom stereocenters. The molecule has 22 heavy (non-hydrogen) atoms. The van der Waals surface area contributed by atoms with E-state index in [1.807, 2.05) is 13.8 Å². The molecular weight excluding hydrogens is 306 g/mol. The molecule has 0 aromatic carbocycles. The summed E-state index contributed by atoms with van der Waals surface area (Å²) in [5.74, 6) is -0.220. The van der Waals surface area contributed by atoms with E-state index in [0.717, 1.165) is 12.8 Å². The summed E-state index contributed by atoms with van der Waals surface area (Å²) >= 11 is 0.